The lowest BCUT2D eigenvalue weighted by Gasteiger charge is -2.23. The molecule has 10 atom stereocenters. The van der Waals surface area contributed by atoms with E-state index in [9.17, 15) is 4.79 Å². The molecule has 0 saturated carbocycles. The number of nitrogens with one attached hydrogen (secondary N) is 1. The van der Waals surface area contributed by atoms with Gasteiger partial charge in [-0.25, -0.2) is 28.7 Å². The first-order valence-electron chi connectivity index (χ1n) is 12.9. The molecule has 232 valence electrons. The molecule has 5 N–H and O–H groups in total. The molecule has 0 spiro atoms. The lowest BCUT2D eigenvalue weighted by atomic mass is 10.0. The summed E-state index contributed by atoms with van der Waals surface area (Å²) in [6, 6.07) is 0. The summed E-state index contributed by atoms with van der Waals surface area (Å²) in [5.41, 5.74) is 11.2. The molecule has 0 aliphatic carbocycles. The Hall–Kier alpha value is -2.32. The second kappa shape index (κ2) is 12.6. The maximum absolute atomic E-state index is 15.9. The summed E-state index contributed by atoms with van der Waals surface area (Å²) in [4.78, 5) is 35.1. The third-order valence-corrected chi connectivity index (χ3v) is 9.79. The van der Waals surface area contributed by atoms with Crippen LogP contribution in [0.4, 0.5) is 20.5 Å². The van der Waals surface area contributed by atoms with E-state index in [1.54, 1.807) is 0 Å². The zero-order valence-electron chi connectivity index (χ0n) is 22.0. The van der Waals surface area contributed by atoms with Crippen molar-refractivity contribution < 1.29 is 27.0 Å². The Bertz CT molecular complexity index is 1670. The molecule has 3 unspecified atom stereocenters. The first kappa shape index (κ1) is 30.7. The van der Waals surface area contributed by atoms with Gasteiger partial charge in [0.15, 0.2) is 35.0 Å². The van der Waals surface area contributed by atoms with Gasteiger partial charge in [-0.3, -0.25) is 18.9 Å². The fraction of sp³-hybridized carbons (Fsp3) is 0.545. The van der Waals surface area contributed by atoms with Crippen molar-refractivity contribution in [1.82, 2.24) is 39.0 Å². The Balaban J connectivity index is 1.13. The predicted molar refractivity (Wildman–Crippen MR) is 163 cm³/mol. The molecule has 0 amide bonds. The number of hydrogen-bond donors (Lipinski definition) is 5. The van der Waals surface area contributed by atoms with Crippen molar-refractivity contribution in [3.05, 3.63) is 29.3 Å². The number of thiol groups is 2. The Morgan fingerprint density at radius 3 is 2.65 bits per heavy atom. The van der Waals surface area contributed by atoms with Crippen molar-refractivity contribution >= 4 is 80.9 Å². The second-order valence-electron chi connectivity index (χ2n) is 9.97. The van der Waals surface area contributed by atoms with Gasteiger partial charge in [-0.2, -0.15) is 4.98 Å². The number of anilines is 2. The molecule has 0 bridgehead atoms. The third-order valence-electron chi connectivity index (χ3n) is 7.42. The summed E-state index contributed by atoms with van der Waals surface area (Å²) in [6.45, 7) is -0.0127. The van der Waals surface area contributed by atoms with E-state index in [1.165, 1.54) is 39.9 Å². The smallest absolute Gasteiger partial charge is 0.280 e. The Labute approximate surface area is 259 Å². The number of ether oxygens (including phenoxy) is 2. The number of halogens is 2. The second-order valence-corrected chi connectivity index (χ2v) is 12.4. The van der Waals surface area contributed by atoms with Crippen LogP contribution in [0.15, 0.2) is 23.8 Å². The highest BCUT2D eigenvalue weighted by Crippen LogP contribution is 2.48. The van der Waals surface area contributed by atoms with Gasteiger partial charge in [0.25, 0.3) is 5.56 Å². The van der Waals surface area contributed by atoms with Crippen LogP contribution in [0.5, 0.6) is 0 Å². The van der Waals surface area contributed by atoms with Gasteiger partial charge < -0.3 is 29.6 Å². The largest absolute Gasteiger partial charge is 0.382 e. The van der Waals surface area contributed by atoms with E-state index in [0.29, 0.717) is 11.2 Å². The van der Waals surface area contributed by atoms with Crippen LogP contribution in [0.25, 0.3) is 22.3 Å². The normalized spacial score (nSPS) is 30.1. The van der Waals surface area contributed by atoms with Gasteiger partial charge in [-0.1, -0.05) is 0 Å². The van der Waals surface area contributed by atoms with E-state index in [2.05, 4.69) is 64.9 Å². The van der Waals surface area contributed by atoms with E-state index in [-0.39, 0.29) is 42.6 Å². The van der Waals surface area contributed by atoms with Gasteiger partial charge in [0, 0.05) is 20.6 Å². The van der Waals surface area contributed by atoms with Gasteiger partial charge in [0.05, 0.1) is 32.0 Å². The van der Waals surface area contributed by atoms with E-state index in [1.807, 2.05) is 0 Å². The number of imidazole rings is 2. The molecule has 2 saturated heterocycles. The molecule has 21 heteroatoms. The van der Waals surface area contributed by atoms with Gasteiger partial charge in [0.2, 0.25) is 5.95 Å². The maximum Gasteiger partial charge on any atom is 0.280 e. The Morgan fingerprint density at radius 2 is 1.88 bits per heavy atom. The van der Waals surface area contributed by atoms with Crippen LogP contribution >= 0.6 is 46.8 Å². The van der Waals surface area contributed by atoms with Crippen LogP contribution in [-0.4, -0.2) is 87.5 Å². The number of aromatic nitrogens is 8. The number of thioether (sulfide) groups is 1. The topological polar surface area (TPSA) is 196 Å². The zero-order chi connectivity index (χ0) is 30.4. The van der Waals surface area contributed by atoms with E-state index in [4.69, 9.17) is 29.6 Å². The van der Waals surface area contributed by atoms with E-state index < -0.39 is 58.3 Å². The molecule has 43 heavy (non-hydrogen) atoms. The van der Waals surface area contributed by atoms with Gasteiger partial charge in [-0.05, 0) is 19.3 Å². The SMILES string of the molecule is Nc1nc2c(ncn2[C@@H]2SC(CC(S)OC[C@H]3[C@H](F)[C@H](n4cnc5c(N)ncnc54)O[C@@H]3COP)[C@@H](F)[C@H]2OS)c(=O)[nH]1. The number of nitrogens with zero attached hydrogens (tertiary/aromatic N) is 7. The molecule has 6 heterocycles. The minimum absolute atomic E-state index is 0.0588. The highest BCUT2D eigenvalue weighted by Gasteiger charge is 2.49. The van der Waals surface area contributed by atoms with Crippen LogP contribution in [0.3, 0.4) is 0 Å². The number of hydrogen-bond acceptors (Lipinski definition) is 15. The Morgan fingerprint density at radius 1 is 1.12 bits per heavy atom. The first-order chi connectivity index (χ1) is 20.7. The summed E-state index contributed by atoms with van der Waals surface area (Å²) in [5, 5.41) is -1.31. The number of fused-ring (bicyclic) bond motifs is 2. The number of aromatic amines is 1. The molecule has 2 aliphatic heterocycles. The summed E-state index contributed by atoms with van der Waals surface area (Å²) in [6.07, 6.45) is -1.58. The number of nitrogens with two attached hydrogens (primary N) is 2. The monoisotopic (exact) mass is 676 g/mol. The van der Waals surface area contributed by atoms with Crippen LogP contribution in [0, 0.1) is 5.92 Å². The standard InChI is InChI=1S/C22H27F2N10O5PS3/c23-11-7(8(3-37-40)38-20(11)33-5-29-13-16(25)27-4-28-17(13)33)2-36-10(41)1-9-12(24)15(39-42)21(43-9)34-6-30-14-18(34)31-22(26)32-19(14)35/h4-12,15,20-21,41-42H,1-3,40H2,(H2,25,27,28)(H3,26,31,32,35)/t7-,8-,9?,10?,11+,12-,15-,20-,21-/m1/s1. The van der Waals surface area contributed by atoms with Gasteiger partial charge in [0.1, 0.15) is 34.9 Å². The molecule has 4 aromatic rings. The van der Waals surface area contributed by atoms with Crippen molar-refractivity contribution in [3.63, 3.8) is 0 Å². The summed E-state index contributed by atoms with van der Waals surface area (Å²) in [5.74, 6) is -0.683. The number of rotatable bonds is 10. The fourth-order valence-corrected chi connectivity index (χ4v) is 7.90. The number of nitrogen functional groups attached to an aromatic ring is 2. The highest BCUT2D eigenvalue weighted by molar-refractivity contribution is 8.00. The van der Waals surface area contributed by atoms with E-state index in [0.717, 1.165) is 0 Å². The quantitative estimate of drug-likeness (QED) is 0.0704. The van der Waals surface area contributed by atoms with Crippen molar-refractivity contribution in [1.29, 1.82) is 0 Å². The van der Waals surface area contributed by atoms with Crippen molar-refractivity contribution in [2.24, 2.45) is 5.92 Å². The molecule has 0 aromatic carbocycles. The fourth-order valence-electron chi connectivity index (χ4n) is 5.34. The molecule has 15 nitrogen and oxygen atoms in total. The van der Waals surface area contributed by atoms with Crippen molar-refractivity contribution in [2.75, 3.05) is 24.7 Å². The highest BCUT2D eigenvalue weighted by atomic mass is 32.2. The van der Waals surface area contributed by atoms with Crippen LogP contribution < -0.4 is 17.0 Å². The van der Waals surface area contributed by atoms with Crippen LogP contribution in [0.1, 0.15) is 18.0 Å². The lowest BCUT2D eigenvalue weighted by molar-refractivity contribution is -0.0368. The summed E-state index contributed by atoms with van der Waals surface area (Å²) >= 11 is 9.64. The van der Waals surface area contributed by atoms with Gasteiger partial charge in [-0.15, -0.1) is 24.4 Å². The lowest BCUT2D eigenvalue weighted by Crippen LogP contribution is -2.33. The molecule has 2 fully saturated rings. The molecule has 0 radical (unpaired) electrons. The summed E-state index contributed by atoms with van der Waals surface area (Å²) in [7, 11) is 2.12. The number of alkyl halides is 2. The van der Waals surface area contributed by atoms with Crippen molar-refractivity contribution in [3.8, 4) is 0 Å². The van der Waals surface area contributed by atoms with Crippen molar-refractivity contribution in [2.45, 2.75) is 53.3 Å². The van der Waals surface area contributed by atoms with E-state index >= 15 is 8.78 Å². The third kappa shape index (κ3) is 5.67. The molecular formula is C22H27F2N10O5PS3. The van der Waals surface area contributed by atoms with Crippen LogP contribution in [0.2, 0.25) is 0 Å². The molecule has 6 rings (SSSR count). The zero-order valence-corrected chi connectivity index (χ0v) is 25.8. The number of H-pyrrole nitrogens is 1. The Kier molecular flexibility index (Phi) is 8.98. The average molecular weight is 677 g/mol. The predicted octanol–water partition coefficient (Wildman–Crippen LogP) is 1.63. The summed E-state index contributed by atoms with van der Waals surface area (Å²) < 4.78 is 56.8. The minimum Gasteiger partial charge on any atom is -0.382 e. The molecule has 2 aliphatic rings. The average Bonchev–Trinajstić information content (AvgIpc) is 3.73. The maximum atomic E-state index is 15.9. The van der Waals surface area contributed by atoms with Gasteiger partial charge >= 0.3 is 0 Å². The first-order valence-corrected chi connectivity index (χ1v) is 15.2. The molecular weight excluding hydrogens is 649 g/mol. The molecule has 4 aromatic heterocycles. The van der Waals surface area contributed by atoms with Crippen LogP contribution in [-0.2, 0) is 18.2 Å². The minimum atomic E-state index is -1.53.